The third kappa shape index (κ3) is 1.21. The zero-order chi connectivity index (χ0) is 12.2. The Labute approximate surface area is 114 Å². The van der Waals surface area contributed by atoms with E-state index in [1.807, 2.05) is 0 Å². The second kappa shape index (κ2) is 3.71. The van der Waals surface area contributed by atoms with E-state index < -0.39 is 0 Å². The first kappa shape index (κ1) is 12.9. The highest BCUT2D eigenvalue weighted by atomic mass is 79.9. The van der Waals surface area contributed by atoms with E-state index >= 15 is 0 Å². The molecule has 2 nitrogen and oxygen atoms in total. The lowest BCUT2D eigenvalue weighted by Gasteiger charge is -2.49. The molecule has 2 aliphatic rings. The van der Waals surface area contributed by atoms with E-state index in [1.54, 1.807) is 0 Å². The van der Waals surface area contributed by atoms with Crippen LogP contribution in [0.25, 0.3) is 0 Å². The minimum atomic E-state index is -0.334. The van der Waals surface area contributed by atoms with Crippen molar-refractivity contribution in [1.82, 2.24) is 0 Å². The van der Waals surface area contributed by atoms with Crippen LogP contribution in [0.3, 0.4) is 0 Å². The molecule has 0 aromatic rings. The topological polar surface area (TPSA) is 26.3 Å². The second-order valence-corrected chi connectivity index (χ2v) is 7.58. The van der Waals surface area contributed by atoms with E-state index in [0.717, 1.165) is 24.6 Å². The highest BCUT2D eigenvalue weighted by molar-refractivity contribution is 9.12. The van der Waals surface area contributed by atoms with Crippen LogP contribution in [0.2, 0.25) is 0 Å². The van der Waals surface area contributed by atoms with E-state index in [1.165, 1.54) is 7.11 Å². The molecule has 0 N–H and O–H groups in total. The van der Waals surface area contributed by atoms with Gasteiger partial charge in [0.05, 0.1) is 16.8 Å². The Morgan fingerprint density at radius 2 is 2.12 bits per heavy atom. The highest BCUT2D eigenvalue weighted by Gasteiger charge is 2.72. The summed E-state index contributed by atoms with van der Waals surface area (Å²) in [5, 5.41) is 0.790. The summed E-state index contributed by atoms with van der Waals surface area (Å²) in [5.74, 6) is 0.570. The summed E-state index contributed by atoms with van der Waals surface area (Å²) >= 11 is 7.46. The van der Waals surface area contributed by atoms with Crippen LogP contribution in [0.1, 0.15) is 33.1 Å². The Kier molecular flexibility index (Phi) is 2.99. The van der Waals surface area contributed by atoms with E-state index in [0.29, 0.717) is 5.92 Å². The molecule has 2 saturated carbocycles. The third-order valence-electron chi connectivity index (χ3n) is 5.08. The summed E-state index contributed by atoms with van der Waals surface area (Å²) in [7, 11) is 1.50. The van der Waals surface area contributed by atoms with Crippen LogP contribution in [0.15, 0.2) is 0 Å². The molecule has 3 atom stereocenters. The summed E-state index contributed by atoms with van der Waals surface area (Å²) in [5.41, 5.74) is -0.206. The van der Waals surface area contributed by atoms with Crippen LogP contribution >= 0.6 is 31.9 Å². The number of esters is 1. The van der Waals surface area contributed by atoms with Crippen molar-refractivity contribution in [3.05, 3.63) is 0 Å². The van der Waals surface area contributed by atoms with Crippen molar-refractivity contribution in [3.8, 4) is 0 Å². The fraction of sp³-hybridized carbons (Fsp3) is 0.917. The molecule has 92 valence electrons. The summed E-state index contributed by atoms with van der Waals surface area (Å²) in [4.78, 5) is 12.2. The molecule has 2 fully saturated rings. The molecular weight excluding hydrogens is 336 g/mol. The number of rotatable bonds is 2. The molecule has 2 bridgehead atoms. The maximum Gasteiger partial charge on any atom is 0.313 e. The van der Waals surface area contributed by atoms with Gasteiger partial charge < -0.3 is 4.74 Å². The highest BCUT2D eigenvalue weighted by Crippen LogP contribution is 2.72. The van der Waals surface area contributed by atoms with Crippen molar-refractivity contribution in [2.45, 2.75) is 37.4 Å². The van der Waals surface area contributed by atoms with Crippen molar-refractivity contribution >= 4 is 37.8 Å². The molecule has 0 spiro atoms. The standard InChI is InChI=1S/C12H18Br2O2/c1-10(2)8-4-5-11(6-8,9(15)16-3)12(10,14)7-13/h8H,4-7H2,1-3H3/t8-,11-,12-/m1/s1. The summed E-state index contributed by atoms with van der Waals surface area (Å²) < 4.78 is 4.88. The number of halogens is 2. The van der Waals surface area contributed by atoms with Crippen molar-refractivity contribution in [2.24, 2.45) is 16.7 Å². The first-order valence-electron chi connectivity index (χ1n) is 5.69. The largest absolute Gasteiger partial charge is 0.469 e. The van der Waals surface area contributed by atoms with Gasteiger partial charge in [0.1, 0.15) is 0 Å². The van der Waals surface area contributed by atoms with Gasteiger partial charge in [0.2, 0.25) is 0 Å². The van der Waals surface area contributed by atoms with Crippen molar-refractivity contribution in [2.75, 3.05) is 12.4 Å². The zero-order valence-corrected chi connectivity index (χ0v) is 13.2. The Morgan fingerprint density at radius 3 is 2.62 bits per heavy atom. The minimum Gasteiger partial charge on any atom is -0.469 e. The van der Waals surface area contributed by atoms with Gasteiger partial charge in [-0.05, 0) is 30.6 Å². The number of carbonyl (C=O) groups excluding carboxylic acids is 1. The number of ether oxygens (including phenoxy) is 1. The van der Waals surface area contributed by atoms with Crippen LogP contribution in [0.5, 0.6) is 0 Å². The van der Waals surface area contributed by atoms with E-state index in [4.69, 9.17) is 4.74 Å². The smallest absolute Gasteiger partial charge is 0.313 e. The number of alkyl halides is 2. The van der Waals surface area contributed by atoms with Gasteiger partial charge in [0.25, 0.3) is 0 Å². The molecule has 4 heteroatoms. The molecule has 2 rings (SSSR count). The lowest BCUT2D eigenvalue weighted by atomic mass is 9.64. The van der Waals surface area contributed by atoms with Crippen LogP contribution in [0, 0.1) is 16.7 Å². The quantitative estimate of drug-likeness (QED) is 0.560. The number of hydrogen-bond donors (Lipinski definition) is 0. The van der Waals surface area contributed by atoms with Crippen LogP contribution in [-0.4, -0.2) is 22.7 Å². The van der Waals surface area contributed by atoms with Gasteiger partial charge in [-0.15, -0.1) is 0 Å². The molecule has 0 aromatic heterocycles. The Hall–Kier alpha value is 0.430. The predicted molar refractivity (Wildman–Crippen MR) is 71.0 cm³/mol. The van der Waals surface area contributed by atoms with Gasteiger partial charge >= 0.3 is 5.97 Å². The van der Waals surface area contributed by atoms with Gasteiger partial charge in [0.15, 0.2) is 0 Å². The van der Waals surface area contributed by atoms with Crippen molar-refractivity contribution < 1.29 is 9.53 Å². The average Bonchev–Trinajstić information content (AvgIpc) is 2.78. The van der Waals surface area contributed by atoms with Gasteiger partial charge in [-0.3, -0.25) is 4.79 Å². The normalized spacial score (nSPS) is 44.7. The molecule has 0 heterocycles. The van der Waals surface area contributed by atoms with Gasteiger partial charge in [-0.1, -0.05) is 45.7 Å². The lowest BCUT2D eigenvalue weighted by molar-refractivity contribution is -0.154. The van der Waals surface area contributed by atoms with Gasteiger partial charge in [0, 0.05) is 5.33 Å². The summed E-state index contributed by atoms with van der Waals surface area (Å²) in [6, 6.07) is 0. The molecule has 0 aliphatic heterocycles. The Bertz CT molecular complexity index is 329. The molecular formula is C12H18Br2O2. The predicted octanol–water partition coefficient (Wildman–Crippen LogP) is 3.51. The summed E-state index contributed by atoms with van der Waals surface area (Å²) in [6.07, 6.45) is 3.05. The second-order valence-electron chi connectivity index (χ2n) is 5.67. The number of methoxy groups -OCH3 is 1. The molecule has 16 heavy (non-hydrogen) atoms. The van der Waals surface area contributed by atoms with Gasteiger partial charge in [-0.2, -0.15) is 0 Å². The number of carbonyl (C=O) groups is 1. The van der Waals surface area contributed by atoms with Crippen LogP contribution in [-0.2, 0) is 9.53 Å². The monoisotopic (exact) mass is 352 g/mol. The fourth-order valence-corrected chi connectivity index (χ4v) is 5.91. The van der Waals surface area contributed by atoms with Crippen LogP contribution in [0.4, 0.5) is 0 Å². The maximum absolute atomic E-state index is 12.2. The molecule has 0 unspecified atom stereocenters. The van der Waals surface area contributed by atoms with Crippen molar-refractivity contribution in [3.63, 3.8) is 0 Å². The molecule has 0 aromatic carbocycles. The Morgan fingerprint density at radius 1 is 1.50 bits per heavy atom. The molecule has 2 aliphatic carbocycles. The first-order chi connectivity index (χ1) is 7.35. The zero-order valence-electron chi connectivity index (χ0n) is 9.98. The Balaban J connectivity index is 2.50. The lowest BCUT2D eigenvalue weighted by Crippen LogP contribution is -2.55. The molecule has 0 amide bonds. The van der Waals surface area contributed by atoms with Crippen molar-refractivity contribution in [1.29, 1.82) is 0 Å². The first-order valence-corrected chi connectivity index (χ1v) is 7.60. The maximum atomic E-state index is 12.2. The van der Waals surface area contributed by atoms with E-state index in [9.17, 15) is 4.79 Å². The SMILES string of the molecule is COC(=O)[C@@]12CC[C@H](C1)C(C)(C)[C@]2(Br)CBr. The van der Waals surface area contributed by atoms with E-state index in [-0.39, 0.29) is 21.1 Å². The fourth-order valence-electron chi connectivity index (χ4n) is 3.80. The van der Waals surface area contributed by atoms with Crippen LogP contribution < -0.4 is 0 Å². The molecule has 0 radical (unpaired) electrons. The number of hydrogen-bond acceptors (Lipinski definition) is 2. The summed E-state index contributed by atoms with van der Waals surface area (Å²) in [6.45, 7) is 4.52. The number of fused-ring (bicyclic) bond motifs is 2. The third-order valence-corrected chi connectivity index (χ3v) is 8.73. The molecule has 0 saturated heterocycles. The minimum absolute atomic E-state index is 0.0445. The average molecular weight is 354 g/mol. The van der Waals surface area contributed by atoms with Gasteiger partial charge in [-0.25, -0.2) is 0 Å². The van der Waals surface area contributed by atoms with E-state index in [2.05, 4.69) is 45.7 Å².